The van der Waals surface area contributed by atoms with Gasteiger partial charge in [0.1, 0.15) is 5.82 Å². The van der Waals surface area contributed by atoms with Crippen LogP contribution in [-0.2, 0) is 10.0 Å². The number of nitrogens with one attached hydrogen (secondary N) is 2. The Morgan fingerprint density at radius 2 is 2.27 bits per heavy atom. The molecule has 1 aromatic heterocycles. The lowest BCUT2D eigenvalue weighted by Crippen LogP contribution is -2.33. The summed E-state index contributed by atoms with van der Waals surface area (Å²) in [6.07, 6.45) is 1.33. The Hall–Kier alpha value is -0.920. The first-order valence-electron chi connectivity index (χ1n) is 4.61. The van der Waals surface area contributed by atoms with E-state index in [1.165, 1.54) is 10.5 Å². The van der Waals surface area contributed by atoms with Crippen molar-refractivity contribution in [3.05, 3.63) is 12.0 Å². The van der Waals surface area contributed by atoms with E-state index >= 15 is 0 Å². The number of aromatic nitrogens is 2. The molecule has 0 atom stereocenters. The highest BCUT2D eigenvalue weighted by atomic mass is 32.2. The van der Waals surface area contributed by atoms with Gasteiger partial charge in [0, 0.05) is 20.1 Å². The van der Waals surface area contributed by atoms with E-state index in [-0.39, 0.29) is 5.03 Å². The Morgan fingerprint density at radius 3 is 2.73 bits per heavy atom. The Balaban J connectivity index is 2.83. The average molecular weight is 232 g/mol. The third kappa shape index (κ3) is 2.77. The van der Waals surface area contributed by atoms with Gasteiger partial charge in [0.05, 0.1) is 6.20 Å². The molecule has 15 heavy (non-hydrogen) atoms. The lowest BCUT2D eigenvalue weighted by molar-refractivity contribution is 0.463. The summed E-state index contributed by atoms with van der Waals surface area (Å²) in [5.41, 5.74) is 0. The van der Waals surface area contributed by atoms with Crippen molar-refractivity contribution in [3.63, 3.8) is 0 Å². The zero-order valence-electron chi connectivity index (χ0n) is 9.11. The lowest BCUT2D eigenvalue weighted by Gasteiger charge is -2.15. The maximum atomic E-state index is 11.9. The summed E-state index contributed by atoms with van der Waals surface area (Å²) in [7, 11) is -0.0920. The molecule has 0 fully saturated rings. The molecule has 0 aliphatic heterocycles. The molecule has 1 aromatic rings. The van der Waals surface area contributed by atoms with E-state index in [1.54, 1.807) is 21.0 Å². The van der Waals surface area contributed by atoms with Crippen molar-refractivity contribution in [2.24, 2.45) is 0 Å². The number of aryl methyl sites for hydroxylation is 1. The van der Waals surface area contributed by atoms with E-state index in [2.05, 4.69) is 15.3 Å². The van der Waals surface area contributed by atoms with Crippen LogP contribution in [0.3, 0.4) is 0 Å². The number of nitrogens with zero attached hydrogens (tertiary/aromatic N) is 2. The van der Waals surface area contributed by atoms with Crippen LogP contribution in [-0.4, -0.2) is 49.9 Å². The minimum atomic E-state index is -3.42. The van der Waals surface area contributed by atoms with Gasteiger partial charge < -0.3 is 10.3 Å². The van der Waals surface area contributed by atoms with Gasteiger partial charge in [-0.15, -0.1) is 0 Å². The molecule has 0 spiro atoms. The van der Waals surface area contributed by atoms with Gasteiger partial charge in [-0.2, -0.15) is 4.31 Å². The van der Waals surface area contributed by atoms with Gasteiger partial charge in [0.15, 0.2) is 5.03 Å². The number of rotatable bonds is 5. The third-order valence-corrected chi connectivity index (χ3v) is 3.81. The Morgan fingerprint density at radius 1 is 1.60 bits per heavy atom. The van der Waals surface area contributed by atoms with Crippen molar-refractivity contribution >= 4 is 10.0 Å². The number of imidazole rings is 1. The van der Waals surface area contributed by atoms with Crippen LogP contribution >= 0.6 is 0 Å². The second-order valence-corrected chi connectivity index (χ2v) is 5.28. The molecule has 6 nitrogen and oxygen atoms in total. The lowest BCUT2D eigenvalue weighted by atomic mass is 10.6. The zero-order valence-corrected chi connectivity index (χ0v) is 9.93. The van der Waals surface area contributed by atoms with Gasteiger partial charge in [-0.05, 0) is 14.0 Å². The van der Waals surface area contributed by atoms with Crippen molar-refractivity contribution < 1.29 is 8.42 Å². The molecule has 2 N–H and O–H groups in total. The summed E-state index contributed by atoms with van der Waals surface area (Å²) in [5.74, 6) is 0.593. The molecule has 7 heteroatoms. The number of H-pyrrole nitrogens is 1. The summed E-state index contributed by atoms with van der Waals surface area (Å²) < 4.78 is 25.0. The fourth-order valence-electron chi connectivity index (χ4n) is 1.09. The van der Waals surface area contributed by atoms with Crippen LogP contribution in [0.5, 0.6) is 0 Å². The molecule has 0 aliphatic rings. The zero-order chi connectivity index (χ0) is 11.5. The van der Waals surface area contributed by atoms with E-state index in [1.807, 2.05) is 0 Å². The Kier molecular flexibility index (Phi) is 3.83. The van der Waals surface area contributed by atoms with Crippen LogP contribution in [0, 0.1) is 6.92 Å². The minimum Gasteiger partial charge on any atom is -0.332 e. The number of sulfonamides is 1. The van der Waals surface area contributed by atoms with Crippen LogP contribution in [0.4, 0.5) is 0 Å². The molecule has 0 radical (unpaired) electrons. The summed E-state index contributed by atoms with van der Waals surface area (Å²) in [4.78, 5) is 6.58. The van der Waals surface area contributed by atoms with Crippen LogP contribution in [0.2, 0.25) is 0 Å². The third-order valence-electron chi connectivity index (χ3n) is 2.04. The maximum absolute atomic E-state index is 11.9. The normalized spacial score (nSPS) is 12.3. The smallest absolute Gasteiger partial charge is 0.259 e. The summed E-state index contributed by atoms with van der Waals surface area (Å²) in [6, 6.07) is 0. The first kappa shape index (κ1) is 12.2. The van der Waals surface area contributed by atoms with E-state index in [9.17, 15) is 8.42 Å². The largest absolute Gasteiger partial charge is 0.332 e. The van der Waals surface area contributed by atoms with E-state index < -0.39 is 10.0 Å². The Bertz CT molecular complexity index is 412. The molecule has 0 saturated carbocycles. The van der Waals surface area contributed by atoms with Crippen molar-refractivity contribution in [3.8, 4) is 0 Å². The average Bonchev–Trinajstić information content (AvgIpc) is 2.61. The first-order chi connectivity index (χ1) is 6.98. The standard InChI is InChI=1S/C8H16N4O2S/c1-7-10-6-8(11-7)15(13,14)12(3)5-4-9-2/h6,9H,4-5H2,1-3H3,(H,10,11). The van der Waals surface area contributed by atoms with Gasteiger partial charge >= 0.3 is 0 Å². The molecule has 1 rings (SSSR count). The second kappa shape index (κ2) is 4.73. The van der Waals surface area contributed by atoms with Gasteiger partial charge in [0.2, 0.25) is 0 Å². The Labute approximate surface area is 89.8 Å². The van der Waals surface area contributed by atoms with Crippen LogP contribution < -0.4 is 5.32 Å². The number of hydrogen-bond donors (Lipinski definition) is 2. The molecule has 0 amide bonds. The summed E-state index contributed by atoms with van der Waals surface area (Å²) >= 11 is 0. The fourth-order valence-corrected chi connectivity index (χ4v) is 2.22. The number of likely N-dealkylation sites (N-methyl/N-ethyl adjacent to an activating group) is 2. The molecular formula is C8H16N4O2S. The summed E-state index contributed by atoms with van der Waals surface area (Å²) in [5, 5.41) is 3.03. The quantitative estimate of drug-likeness (QED) is 0.721. The molecule has 0 bridgehead atoms. The topological polar surface area (TPSA) is 78.1 Å². The van der Waals surface area contributed by atoms with Crippen molar-refractivity contribution in [2.75, 3.05) is 27.2 Å². The predicted molar refractivity (Wildman–Crippen MR) is 57.1 cm³/mol. The minimum absolute atomic E-state index is 0.138. The SMILES string of the molecule is CNCCN(C)S(=O)(=O)c1cnc(C)[nH]1. The monoisotopic (exact) mass is 232 g/mol. The molecule has 0 unspecified atom stereocenters. The number of hydrogen-bond acceptors (Lipinski definition) is 4. The molecule has 0 aliphatic carbocycles. The van der Waals surface area contributed by atoms with E-state index in [4.69, 9.17) is 0 Å². The van der Waals surface area contributed by atoms with Crippen molar-refractivity contribution in [1.82, 2.24) is 19.6 Å². The fraction of sp³-hybridized carbons (Fsp3) is 0.625. The maximum Gasteiger partial charge on any atom is 0.259 e. The van der Waals surface area contributed by atoms with Gasteiger partial charge in [-0.1, -0.05) is 0 Å². The second-order valence-electron chi connectivity index (χ2n) is 3.26. The van der Waals surface area contributed by atoms with Crippen LogP contribution in [0.15, 0.2) is 11.2 Å². The molecule has 86 valence electrons. The van der Waals surface area contributed by atoms with Gasteiger partial charge in [-0.3, -0.25) is 0 Å². The summed E-state index contributed by atoms with van der Waals surface area (Å²) in [6.45, 7) is 2.76. The van der Waals surface area contributed by atoms with Gasteiger partial charge in [0.25, 0.3) is 10.0 Å². The highest BCUT2D eigenvalue weighted by Gasteiger charge is 2.21. The van der Waals surface area contributed by atoms with Gasteiger partial charge in [-0.25, -0.2) is 13.4 Å². The molecule has 1 heterocycles. The highest BCUT2D eigenvalue weighted by Crippen LogP contribution is 2.10. The van der Waals surface area contributed by atoms with Crippen LogP contribution in [0.1, 0.15) is 5.82 Å². The van der Waals surface area contributed by atoms with Crippen molar-refractivity contribution in [1.29, 1.82) is 0 Å². The molecule has 0 aromatic carbocycles. The first-order valence-corrected chi connectivity index (χ1v) is 6.05. The van der Waals surface area contributed by atoms with E-state index in [0.29, 0.717) is 18.9 Å². The molecule has 0 saturated heterocycles. The van der Waals surface area contributed by atoms with E-state index in [0.717, 1.165) is 0 Å². The predicted octanol–water partition coefficient (Wildman–Crippen LogP) is -0.442. The molecular weight excluding hydrogens is 216 g/mol. The highest BCUT2D eigenvalue weighted by molar-refractivity contribution is 7.89. The number of aromatic amines is 1. The van der Waals surface area contributed by atoms with Crippen LogP contribution in [0.25, 0.3) is 0 Å². The van der Waals surface area contributed by atoms with Crippen molar-refractivity contribution in [2.45, 2.75) is 11.9 Å².